The van der Waals surface area contributed by atoms with Crippen molar-refractivity contribution in [3.63, 3.8) is 0 Å². The Bertz CT molecular complexity index is 475. The molecular formula is C13H17N3O. The Hall–Kier alpha value is -1.39. The van der Waals surface area contributed by atoms with Crippen LogP contribution in [-0.2, 0) is 6.54 Å². The first-order valence-electron chi connectivity index (χ1n) is 6.12. The number of rotatable bonds is 2. The normalized spacial score (nSPS) is 22.1. The number of para-hydroxylation sites is 2. The number of oxazole rings is 1. The van der Waals surface area contributed by atoms with Crippen LogP contribution in [0.4, 0.5) is 0 Å². The molecule has 2 aromatic rings. The van der Waals surface area contributed by atoms with Crippen LogP contribution in [0.25, 0.3) is 11.1 Å². The number of fused-ring (bicyclic) bond motifs is 1. The van der Waals surface area contributed by atoms with Crippen LogP contribution in [0.3, 0.4) is 0 Å². The van der Waals surface area contributed by atoms with Crippen LogP contribution in [0.1, 0.15) is 12.8 Å². The lowest BCUT2D eigenvalue weighted by Gasteiger charge is -2.32. The molecule has 1 N–H and O–H groups in total. The molecule has 1 saturated heterocycles. The van der Waals surface area contributed by atoms with E-state index >= 15 is 0 Å². The summed E-state index contributed by atoms with van der Waals surface area (Å²) in [5.74, 6) is 0.819. The molecule has 2 heterocycles. The number of aromatic nitrogens is 1. The summed E-state index contributed by atoms with van der Waals surface area (Å²) in [6.45, 7) is 6.18. The van der Waals surface area contributed by atoms with Crippen LogP contribution in [0, 0.1) is 0 Å². The lowest BCUT2D eigenvalue weighted by atomic mass is 10.2. The highest BCUT2D eigenvalue weighted by Crippen LogP contribution is 2.17. The number of hydrogen-bond donors (Lipinski definition) is 1. The summed E-state index contributed by atoms with van der Waals surface area (Å²) in [5, 5.41) is 3.38. The molecule has 3 rings (SSSR count). The molecule has 4 nitrogen and oxygen atoms in total. The summed E-state index contributed by atoms with van der Waals surface area (Å²) >= 11 is 0. The van der Waals surface area contributed by atoms with Gasteiger partial charge in [-0.25, -0.2) is 4.98 Å². The van der Waals surface area contributed by atoms with E-state index in [4.69, 9.17) is 4.42 Å². The first kappa shape index (κ1) is 10.7. The van der Waals surface area contributed by atoms with Crippen molar-refractivity contribution in [1.29, 1.82) is 0 Å². The van der Waals surface area contributed by atoms with E-state index in [1.807, 2.05) is 24.3 Å². The van der Waals surface area contributed by atoms with Gasteiger partial charge in [-0.1, -0.05) is 12.1 Å². The molecule has 0 saturated carbocycles. The van der Waals surface area contributed by atoms with Gasteiger partial charge in [0.1, 0.15) is 5.52 Å². The van der Waals surface area contributed by atoms with Crippen molar-refractivity contribution >= 4 is 11.1 Å². The smallest absolute Gasteiger partial charge is 0.209 e. The summed E-state index contributed by atoms with van der Waals surface area (Å²) in [4.78, 5) is 6.92. The fraction of sp³-hybridized carbons (Fsp3) is 0.462. The molecule has 1 aliphatic rings. The standard InChI is InChI=1S/C13H17N3O/c1-10-8-14-6-7-16(10)9-13-15-11-4-2-3-5-12(11)17-13/h2-5,10,14H,6-9H2,1H3/t10-/m0/s1. The van der Waals surface area contributed by atoms with Gasteiger partial charge in [0.25, 0.3) is 0 Å². The molecule has 1 fully saturated rings. The van der Waals surface area contributed by atoms with Crippen molar-refractivity contribution in [2.45, 2.75) is 19.5 Å². The molecule has 0 radical (unpaired) electrons. The van der Waals surface area contributed by atoms with Gasteiger partial charge in [-0.2, -0.15) is 0 Å². The van der Waals surface area contributed by atoms with Gasteiger partial charge in [-0.15, -0.1) is 0 Å². The van der Waals surface area contributed by atoms with E-state index < -0.39 is 0 Å². The maximum Gasteiger partial charge on any atom is 0.209 e. The zero-order chi connectivity index (χ0) is 11.7. The third kappa shape index (κ3) is 2.18. The predicted octanol–water partition coefficient (Wildman–Crippen LogP) is 1.62. The lowest BCUT2D eigenvalue weighted by molar-refractivity contribution is 0.152. The Balaban J connectivity index is 1.79. The van der Waals surface area contributed by atoms with Gasteiger partial charge >= 0.3 is 0 Å². The summed E-state index contributed by atoms with van der Waals surface area (Å²) in [6.07, 6.45) is 0. The van der Waals surface area contributed by atoms with Gasteiger partial charge in [0.05, 0.1) is 6.54 Å². The highest BCUT2D eigenvalue weighted by Gasteiger charge is 2.19. The van der Waals surface area contributed by atoms with E-state index in [2.05, 4.69) is 22.1 Å². The molecular weight excluding hydrogens is 214 g/mol. The van der Waals surface area contributed by atoms with E-state index in [1.165, 1.54) is 0 Å². The van der Waals surface area contributed by atoms with Crippen molar-refractivity contribution in [2.24, 2.45) is 0 Å². The van der Waals surface area contributed by atoms with Crippen molar-refractivity contribution in [3.8, 4) is 0 Å². The molecule has 0 amide bonds. The second-order valence-electron chi connectivity index (χ2n) is 4.60. The van der Waals surface area contributed by atoms with Crippen molar-refractivity contribution < 1.29 is 4.42 Å². The number of nitrogens with zero attached hydrogens (tertiary/aromatic N) is 2. The summed E-state index contributed by atoms with van der Waals surface area (Å²) in [6, 6.07) is 8.46. The molecule has 90 valence electrons. The molecule has 1 atom stereocenters. The Morgan fingerprint density at radius 3 is 3.18 bits per heavy atom. The maximum absolute atomic E-state index is 5.75. The summed E-state index contributed by atoms with van der Waals surface area (Å²) < 4.78 is 5.75. The number of benzene rings is 1. The zero-order valence-electron chi connectivity index (χ0n) is 10.0. The van der Waals surface area contributed by atoms with Crippen molar-refractivity contribution in [2.75, 3.05) is 19.6 Å². The average Bonchev–Trinajstić information content (AvgIpc) is 2.74. The zero-order valence-corrected chi connectivity index (χ0v) is 10.0. The van der Waals surface area contributed by atoms with Crippen LogP contribution >= 0.6 is 0 Å². The Labute approximate surface area is 101 Å². The molecule has 0 bridgehead atoms. The van der Waals surface area contributed by atoms with Gasteiger partial charge in [0.2, 0.25) is 5.89 Å². The Morgan fingerprint density at radius 1 is 1.47 bits per heavy atom. The Morgan fingerprint density at radius 2 is 2.35 bits per heavy atom. The molecule has 1 aromatic carbocycles. The third-order valence-electron chi connectivity index (χ3n) is 3.32. The van der Waals surface area contributed by atoms with Gasteiger partial charge in [-0.3, -0.25) is 4.90 Å². The quantitative estimate of drug-likeness (QED) is 0.852. The molecule has 17 heavy (non-hydrogen) atoms. The Kier molecular flexibility index (Phi) is 2.82. The van der Waals surface area contributed by atoms with Crippen LogP contribution in [0.15, 0.2) is 28.7 Å². The van der Waals surface area contributed by atoms with Gasteiger partial charge in [-0.05, 0) is 19.1 Å². The second kappa shape index (κ2) is 4.47. The van der Waals surface area contributed by atoms with Crippen molar-refractivity contribution in [3.05, 3.63) is 30.2 Å². The molecule has 0 unspecified atom stereocenters. The fourth-order valence-electron chi connectivity index (χ4n) is 2.28. The number of piperazine rings is 1. The van der Waals surface area contributed by atoms with E-state index in [0.717, 1.165) is 43.2 Å². The fourth-order valence-corrected chi connectivity index (χ4v) is 2.28. The largest absolute Gasteiger partial charge is 0.439 e. The first-order chi connectivity index (χ1) is 8.33. The van der Waals surface area contributed by atoms with Gasteiger partial charge < -0.3 is 9.73 Å². The first-order valence-corrected chi connectivity index (χ1v) is 6.12. The molecule has 1 aromatic heterocycles. The predicted molar refractivity (Wildman–Crippen MR) is 66.8 cm³/mol. The minimum Gasteiger partial charge on any atom is -0.439 e. The van der Waals surface area contributed by atoms with Crippen LogP contribution < -0.4 is 5.32 Å². The minimum absolute atomic E-state index is 0.541. The monoisotopic (exact) mass is 231 g/mol. The number of hydrogen-bond acceptors (Lipinski definition) is 4. The highest BCUT2D eigenvalue weighted by atomic mass is 16.3. The second-order valence-corrected chi connectivity index (χ2v) is 4.60. The van der Waals surface area contributed by atoms with E-state index in [0.29, 0.717) is 6.04 Å². The summed E-state index contributed by atoms with van der Waals surface area (Å²) in [5.41, 5.74) is 1.83. The average molecular weight is 231 g/mol. The molecule has 4 heteroatoms. The van der Waals surface area contributed by atoms with Crippen LogP contribution in [-0.4, -0.2) is 35.6 Å². The van der Waals surface area contributed by atoms with E-state index in [9.17, 15) is 0 Å². The van der Waals surface area contributed by atoms with E-state index in [-0.39, 0.29) is 0 Å². The van der Waals surface area contributed by atoms with Gasteiger partial charge in [0.15, 0.2) is 5.58 Å². The maximum atomic E-state index is 5.75. The van der Waals surface area contributed by atoms with Gasteiger partial charge in [0, 0.05) is 25.7 Å². The molecule has 0 spiro atoms. The topological polar surface area (TPSA) is 41.3 Å². The van der Waals surface area contributed by atoms with Crippen LogP contribution in [0.5, 0.6) is 0 Å². The summed E-state index contributed by atoms with van der Waals surface area (Å²) in [7, 11) is 0. The molecule has 1 aliphatic heterocycles. The highest BCUT2D eigenvalue weighted by molar-refractivity contribution is 5.72. The molecule has 0 aliphatic carbocycles. The van der Waals surface area contributed by atoms with Crippen LogP contribution in [0.2, 0.25) is 0 Å². The third-order valence-corrected chi connectivity index (χ3v) is 3.32. The SMILES string of the molecule is C[C@H]1CNCCN1Cc1nc2ccccc2o1. The number of nitrogens with one attached hydrogen (secondary N) is 1. The minimum atomic E-state index is 0.541. The van der Waals surface area contributed by atoms with Crippen molar-refractivity contribution in [1.82, 2.24) is 15.2 Å². The lowest BCUT2D eigenvalue weighted by Crippen LogP contribution is -2.49. The van der Waals surface area contributed by atoms with E-state index in [1.54, 1.807) is 0 Å².